The van der Waals surface area contributed by atoms with Gasteiger partial charge in [0.15, 0.2) is 0 Å². The number of benzene rings is 2. The Morgan fingerprint density at radius 1 is 1.03 bits per heavy atom. The highest BCUT2D eigenvalue weighted by atomic mass is 16.3. The quantitative estimate of drug-likeness (QED) is 0.488. The molecule has 2 aromatic carbocycles. The number of hydrogen-bond acceptors (Lipinski definition) is 2. The van der Waals surface area contributed by atoms with Crippen molar-refractivity contribution >= 4 is 11.6 Å². The van der Waals surface area contributed by atoms with Gasteiger partial charge in [-0.25, -0.2) is 0 Å². The summed E-state index contributed by atoms with van der Waals surface area (Å²) in [5.41, 5.74) is 3.19. The lowest BCUT2D eigenvalue weighted by Gasteiger charge is -2.37. The van der Waals surface area contributed by atoms with E-state index in [9.17, 15) is 9.90 Å². The number of aryl methyl sites for hydroxylation is 1. The second-order valence-corrected chi connectivity index (χ2v) is 8.26. The minimum atomic E-state index is -0.502. The van der Waals surface area contributed by atoms with Gasteiger partial charge in [-0.1, -0.05) is 74.7 Å². The third-order valence-corrected chi connectivity index (χ3v) is 6.04. The molecule has 29 heavy (non-hydrogen) atoms. The maximum atomic E-state index is 12.9. The van der Waals surface area contributed by atoms with Crippen LogP contribution in [0.3, 0.4) is 0 Å². The molecule has 1 N–H and O–H groups in total. The molecule has 1 aliphatic heterocycles. The van der Waals surface area contributed by atoms with Gasteiger partial charge in [-0.2, -0.15) is 0 Å². The molecule has 1 fully saturated rings. The van der Waals surface area contributed by atoms with Gasteiger partial charge in [-0.3, -0.25) is 4.79 Å². The molecule has 3 heteroatoms. The van der Waals surface area contributed by atoms with Crippen molar-refractivity contribution in [2.45, 2.75) is 83.3 Å². The molecule has 3 nitrogen and oxygen atoms in total. The molecular weight excluding hydrogens is 358 g/mol. The topological polar surface area (TPSA) is 40.5 Å². The molecule has 156 valence electrons. The van der Waals surface area contributed by atoms with Gasteiger partial charge in [0.05, 0.1) is 6.10 Å². The first-order valence-electron chi connectivity index (χ1n) is 11.3. The zero-order chi connectivity index (χ0) is 20.5. The van der Waals surface area contributed by atoms with E-state index in [0.29, 0.717) is 6.42 Å². The van der Waals surface area contributed by atoms with Gasteiger partial charge < -0.3 is 10.0 Å². The van der Waals surface area contributed by atoms with Gasteiger partial charge in [-0.05, 0) is 50.2 Å². The first-order valence-corrected chi connectivity index (χ1v) is 11.3. The number of carbonyl (C=O) groups excluding carboxylic acids is 1. The molecule has 1 heterocycles. The van der Waals surface area contributed by atoms with Crippen LogP contribution >= 0.6 is 0 Å². The third-order valence-electron chi connectivity index (χ3n) is 6.04. The molecule has 0 spiro atoms. The molecule has 2 atom stereocenters. The van der Waals surface area contributed by atoms with Crippen molar-refractivity contribution in [2.75, 3.05) is 4.90 Å². The Hall–Kier alpha value is -2.13. The van der Waals surface area contributed by atoms with E-state index in [0.717, 1.165) is 69.0 Å². The van der Waals surface area contributed by atoms with Crippen molar-refractivity contribution in [3.05, 3.63) is 65.7 Å². The number of nitrogens with zero attached hydrogens (tertiary/aromatic N) is 1. The number of anilines is 1. The molecule has 0 saturated carbocycles. The summed E-state index contributed by atoms with van der Waals surface area (Å²) in [4.78, 5) is 14.9. The van der Waals surface area contributed by atoms with E-state index < -0.39 is 6.10 Å². The number of aliphatic hydroxyl groups is 1. The van der Waals surface area contributed by atoms with E-state index in [1.807, 2.05) is 35.2 Å². The van der Waals surface area contributed by atoms with Crippen molar-refractivity contribution < 1.29 is 9.90 Å². The van der Waals surface area contributed by atoms with Gasteiger partial charge in [0, 0.05) is 23.7 Å². The monoisotopic (exact) mass is 393 g/mol. The average Bonchev–Trinajstić information content (AvgIpc) is 2.75. The van der Waals surface area contributed by atoms with Crippen LogP contribution in [0.4, 0.5) is 5.69 Å². The van der Waals surface area contributed by atoms with E-state index in [1.165, 1.54) is 5.56 Å². The highest BCUT2D eigenvalue weighted by molar-refractivity contribution is 5.95. The van der Waals surface area contributed by atoms with Crippen molar-refractivity contribution in [3.8, 4) is 0 Å². The summed E-state index contributed by atoms with van der Waals surface area (Å²) < 4.78 is 0. The fourth-order valence-electron chi connectivity index (χ4n) is 4.46. The number of para-hydroxylation sites is 1. The zero-order valence-electron chi connectivity index (χ0n) is 17.7. The Morgan fingerprint density at radius 3 is 2.59 bits per heavy atom. The van der Waals surface area contributed by atoms with Gasteiger partial charge in [0.25, 0.3) is 0 Å². The molecule has 0 aromatic heterocycles. The van der Waals surface area contributed by atoms with Gasteiger partial charge in [0.1, 0.15) is 0 Å². The molecule has 3 rings (SSSR count). The SMILES string of the molecule is CCCCCC(O)c1ccccc1N1C(=O)CCCC1CCCc1ccccc1. The average molecular weight is 394 g/mol. The Balaban J connectivity index is 1.72. The summed E-state index contributed by atoms with van der Waals surface area (Å²) in [5.74, 6) is 0.203. The maximum Gasteiger partial charge on any atom is 0.227 e. The number of rotatable bonds is 10. The van der Waals surface area contributed by atoms with Gasteiger partial charge in [0.2, 0.25) is 5.91 Å². The van der Waals surface area contributed by atoms with Crippen LogP contribution in [-0.2, 0) is 11.2 Å². The Bertz CT molecular complexity index is 758. The van der Waals surface area contributed by atoms with E-state index in [2.05, 4.69) is 31.2 Å². The molecule has 0 bridgehead atoms. The number of carbonyl (C=O) groups is 1. The second-order valence-electron chi connectivity index (χ2n) is 8.26. The van der Waals surface area contributed by atoms with Crippen LogP contribution in [0, 0.1) is 0 Å². The minimum absolute atomic E-state index is 0.203. The molecule has 0 aliphatic carbocycles. The number of unbranched alkanes of at least 4 members (excludes halogenated alkanes) is 2. The second kappa shape index (κ2) is 11.2. The highest BCUT2D eigenvalue weighted by Crippen LogP contribution is 2.35. The van der Waals surface area contributed by atoms with Crippen molar-refractivity contribution in [3.63, 3.8) is 0 Å². The number of piperidine rings is 1. The van der Waals surface area contributed by atoms with Crippen molar-refractivity contribution in [1.82, 2.24) is 0 Å². The summed E-state index contributed by atoms with van der Waals surface area (Å²) in [6, 6.07) is 18.8. The molecule has 0 radical (unpaired) electrons. The highest BCUT2D eigenvalue weighted by Gasteiger charge is 2.31. The number of hydrogen-bond donors (Lipinski definition) is 1. The van der Waals surface area contributed by atoms with Gasteiger partial charge in [-0.15, -0.1) is 0 Å². The Morgan fingerprint density at radius 2 is 1.79 bits per heavy atom. The summed E-state index contributed by atoms with van der Waals surface area (Å²) >= 11 is 0. The zero-order valence-corrected chi connectivity index (χ0v) is 17.7. The van der Waals surface area contributed by atoms with Crippen LogP contribution in [-0.4, -0.2) is 17.1 Å². The lowest BCUT2D eigenvalue weighted by Crippen LogP contribution is -2.44. The predicted octanol–water partition coefficient (Wildman–Crippen LogP) is 6.21. The van der Waals surface area contributed by atoms with Gasteiger partial charge >= 0.3 is 0 Å². The number of aliphatic hydroxyl groups excluding tert-OH is 1. The van der Waals surface area contributed by atoms with Crippen LogP contribution in [0.1, 0.15) is 81.9 Å². The minimum Gasteiger partial charge on any atom is -0.388 e. The van der Waals surface area contributed by atoms with Crippen molar-refractivity contribution in [2.24, 2.45) is 0 Å². The fraction of sp³-hybridized carbons (Fsp3) is 0.500. The van der Waals surface area contributed by atoms with E-state index in [1.54, 1.807) is 0 Å². The summed E-state index contributed by atoms with van der Waals surface area (Å²) in [5, 5.41) is 10.8. The van der Waals surface area contributed by atoms with E-state index in [4.69, 9.17) is 0 Å². The molecule has 1 saturated heterocycles. The maximum absolute atomic E-state index is 12.9. The molecule has 1 aliphatic rings. The Kier molecular flexibility index (Phi) is 8.30. The van der Waals surface area contributed by atoms with Crippen LogP contribution in [0.15, 0.2) is 54.6 Å². The molecule has 1 amide bonds. The standard InChI is InChI=1S/C26H35NO2/c1-2-3-5-19-25(28)23-17-8-9-18-24(23)27-22(16-11-20-26(27)29)15-10-14-21-12-6-4-7-13-21/h4,6-9,12-13,17-18,22,25,28H,2-3,5,10-11,14-16,19-20H2,1H3. The molecular formula is C26H35NO2. The van der Waals surface area contributed by atoms with Crippen molar-refractivity contribution in [1.29, 1.82) is 0 Å². The van der Waals surface area contributed by atoms with E-state index in [-0.39, 0.29) is 11.9 Å². The molecule has 2 aromatic rings. The lowest BCUT2D eigenvalue weighted by atomic mass is 9.93. The predicted molar refractivity (Wildman–Crippen MR) is 120 cm³/mol. The lowest BCUT2D eigenvalue weighted by molar-refractivity contribution is -0.120. The normalized spacial score (nSPS) is 18.1. The smallest absolute Gasteiger partial charge is 0.227 e. The largest absolute Gasteiger partial charge is 0.388 e. The van der Waals surface area contributed by atoms with Crippen LogP contribution in [0.2, 0.25) is 0 Å². The summed E-state index contributed by atoms with van der Waals surface area (Å²) in [6.07, 6.45) is 9.26. The summed E-state index contributed by atoms with van der Waals surface area (Å²) in [6.45, 7) is 2.17. The first-order chi connectivity index (χ1) is 14.2. The van der Waals surface area contributed by atoms with Crippen LogP contribution in [0.25, 0.3) is 0 Å². The van der Waals surface area contributed by atoms with E-state index >= 15 is 0 Å². The fourth-order valence-corrected chi connectivity index (χ4v) is 4.46. The first kappa shape index (κ1) is 21.6. The Labute approximate surface area is 175 Å². The summed E-state index contributed by atoms with van der Waals surface area (Å²) in [7, 11) is 0. The number of amides is 1. The third kappa shape index (κ3) is 5.93. The van der Waals surface area contributed by atoms with Crippen LogP contribution in [0.5, 0.6) is 0 Å². The molecule has 2 unspecified atom stereocenters. The van der Waals surface area contributed by atoms with Crippen LogP contribution < -0.4 is 4.90 Å².